The van der Waals surface area contributed by atoms with Crippen LogP contribution in [0.5, 0.6) is 0 Å². The van der Waals surface area contributed by atoms with Gasteiger partial charge in [0, 0.05) is 6.42 Å². The van der Waals surface area contributed by atoms with Gasteiger partial charge in [-0.3, -0.25) is 0 Å². The number of rotatable bonds is 3. The van der Waals surface area contributed by atoms with Crippen molar-refractivity contribution >= 4 is 25.3 Å². The van der Waals surface area contributed by atoms with Gasteiger partial charge in [0.1, 0.15) is 11.8 Å². The van der Waals surface area contributed by atoms with Crippen LogP contribution in [0, 0.1) is 0 Å². The van der Waals surface area contributed by atoms with Crippen LogP contribution < -0.4 is 5.73 Å². The van der Waals surface area contributed by atoms with E-state index in [9.17, 15) is 0 Å². The highest BCUT2D eigenvalue weighted by molar-refractivity contribution is 6.74. The fraction of sp³-hybridized carbons (Fsp3) is 0.562. The second-order valence-corrected chi connectivity index (χ2v) is 12.4. The van der Waals surface area contributed by atoms with E-state index in [0.717, 1.165) is 11.9 Å². The minimum Gasteiger partial charge on any atom is -0.410 e. The molecular formula is C16H25N5OSi. The van der Waals surface area contributed by atoms with Crippen molar-refractivity contribution in [3.05, 3.63) is 24.8 Å². The van der Waals surface area contributed by atoms with Crippen LogP contribution in [0.3, 0.4) is 0 Å². The SMILES string of the molecule is CC(C)(C)[Si](C)(C)O[C@H]1C=C[C@@H](n2cnc3ncnc(N)c32)C1. The summed E-state index contributed by atoms with van der Waals surface area (Å²) in [6, 6.07) is 0.183. The van der Waals surface area contributed by atoms with Crippen molar-refractivity contribution in [2.24, 2.45) is 0 Å². The first-order chi connectivity index (χ1) is 10.7. The molecule has 6 nitrogen and oxygen atoms in total. The number of hydrogen-bond donors (Lipinski definition) is 1. The summed E-state index contributed by atoms with van der Waals surface area (Å²) in [7, 11) is -1.77. The summed E-state index contributed by atoms with van der Waals surface area (Å²) < 4.78 is 8.54. The molecule has 0 saturated heterocycles. The number of nitrogen functional groups attached to an aromatic ring is 1. The lowest BCUT2D eigenvalue weighted by molar-refractivity contribution is 0.213. The molecule has 23 heavy (non-hydrogen) atoms. The highest BCUT2D eigenvalue weighted by Gasteiger charge is 2.40. The summed E-state index contributed by atoms with van der Waals surface area (Å²) in [6.45, 7) is 11.4. The lowest BCUT2D eigenvalue weighted by atomic mass is 10.2. The summed E-state index contributed by atoms with van der Waals surface area (Å²) in [6.07, 6.45) is 8.61. The van der Waals surface area contributed by atoms with E-state index in [2.05, 4.69) is 65.5 Å². The average Bonchev–Trinajstić information content (AvgIpc) is 3.03. The third-order valence-corrected chi connectivity index (χ3v) is 9.53. The second-order valence-electron chi connectivity index (χ2n) is 7.69. The summed E-state index contributed by atoms with van der Waals surface area (Å²) in [4.78, 5) is 12.6. The topological polar surface area (TPSA) is 78.8 Å². The van der Waals surface area contributed by atoms with Gasteiger partial charge in [-0.2, -0.15) is 0 Å². The molecule has 2 heterocycles. The van der Waals surface area contributed by atoms with Gasteiger partial charge in [-0.25, -0.2) is 15.0 Å². The zero-order chi connectivity index (χ0) is 16.8. The van der Waals surface area contributed by atoms with Crippen LogP contribution in [-0.4, -0.2) is 33.9 Å². The summed E-state index contributed by atoms with van der Waals surface area (Å²) >= 11 is 0. The maximum absolute atomic E-state index is 6.49. The highest BCUT2D eigenvalue weighted by atomic mass is 28.4. The molecule has 0 radical (unpaired) electrons. The first-order valence-corrected chi connectivity index (χ1v) is 10.9. The third-order valence-electron chi connectivity index (χ3n) is 5.03. The maximum Gasteiger partial charge on any atom is 0.192 e. The lowest BCUT2D eigenvalue weighted by Crippen LogP contribution is -2.43. The van der Waals surface area contributed by atoms with Crippen LogP contribution in [0.15, 0.2) is 24.8 Å². The number of allylic oxidation sites excluding steroid dienone is 1. The van der Waals surface area contributed by atoms with Crippen molar-refractivity contribution in [2.75, 3.05) is 5.73 Å². The van der Waals surface area contributed by atoms with Crippen molar-refractivity contribution in [1.82, 2.24) is 19.5 Å². The molecular weight excluding hydrogens is 306 g/mol. The van der Waals surface area contributed by atoms with Crippen LogP contribution in [0.4, 0.5) is 5.82 Å². The first-order valence-electron chi connectivity index (χ1n) is 7.98. The zero-order valence-electron chi connectivity index (χ0n) is 14.4. The van der Waals surface area contributed by atoms with Crippen molar-refractivity contribution in [3.63, 3.8) is 0 Å². The van der Waals surface area contributed by atoms with Gasteiger partial charge in [0.15, 0.2) is 19.8 Å². The van der Waals surface area contributed by atoms with E-state index in [1.807, 2.05) is 0 Å². The Kier molecular flexibility index (Phi) is 3.80. The quantitative estimate of drug-likeness (QED) is 0.689. The molecule has 0 aliphatic heterocycles. The van der Waals surface area contributed by atoms with Crippen LogP contribution in [0.2, 0.25) is 18.1 Å². The van der Waals surface area contributed by atoms with E-state index in [0.29, 0.717) is 11.5 Å². The Morgan fingerprint density at radius 2 is 1.96 bits per heavy atom. The fourth-order valence-electron chi connectivity index (χ4n) is 2.65. The highest BCUT2D eigenvalue weighted by Crippen LogP contribution is 2.39. The Bertz CT molecular complexity index is 746. The molecule has 2 aromatic heterocycles. The minimum atomic E-state index is -1.77. The van der Waals surface area contributed by atoms with E-state index in [4.69, 9.17) is 10.2 Å². The summed E-state index contributed by atoms with van der Waals surface area (Å²) in [5.41, 5.74) is 7.44. The van der Waals surface area contributed by atoms with Gasteiger partial charge in [0.05, 0.1) is 18.5 Å². The number of aromatic nitrogens is 4. The van der Waals surface area contributed by atoms with E-state index < -0.39 is 8.32 Å². The van der Waals surface area contributed by atoms with Crippen LogP contribution >= 0.6 is 0 Å². The number of fused-ring (bicyclic) bond motifs is 1. The smallest absolute Gasteiger partial charge is 0.192 e. The maximum atomic E-state index is 6.49. The van der Waals surface area contributed by atoms with Crippen LogP contribution in [0.25, 0.3) is 11.2 Å². The molecule has 124 valence electrons. The van der Waals surface area contributed by atoms with E-state index >= 15 is 0 Å². The van der Waals surface area contributed by atoms with Gasteiger partial charge < -0.3 is 14.7 Å². The Hall–Kier alpha value is -1.73. The van der Waals surface area contributed by atoms with Crippen molar-refractivity contribution in [3.8, 4) is 0 Å². The third kappa shape index (κ3) is 2.90. The largest absolute Gasteiger partial charge is 0.410 e. The normalized spacial score (nSPS) is 22.1. The van der Waals surface area contributed by atoms with Crippen molar-refractivity contribution in [1.29, 1.82) is 0 Å². The molecule has 0 bridgehead atoms. The number of hydrogen-bond acceptors (Lipinski definition) is 5. The fourth-order valence-corrected chi connectivity index (χ4v) is 3.93. The van der Waals surface area contributed by atoms with Crippen molar-refractivity contribution < 1.29 is 4.43 Å². The molecule has 0 unspecified atom stereocenters. The van der Waals surface area contributed by atoms with Crippen LogP contribution in [-0.2, 0) is 4.43 Å². The lowest BCUT2D eigenvalue weighted by Gasteiger charge is -2.38. The predicted octanol–water partition coefficient (Wildman–Crippen LogP) is 3.30. The van der Waals surface area contributed by atoms with Gasteiger partial charge in [0.25, 0.3) is 0 Å². The standard InChI is InChI=1S/C16H25N5OSi/c1-16(2,3)23(4,5)22-12-7-6-11(8-12)21-10-20-15-13(21)14(17)18-9-19-15/h6-7,9-12H,8H2,1-5H3,(H2,17,18,19)/t11-,12+/m1/s1. The monoisotopic (exact) mass is 331 g/mol. The predicted molar refractivity (Wildman–Crippen MR) is 94.6 cm³/mol. The Morgan fingerprint density at radius 3 is 2.65 bits per heavy atom. The summed E-state index contributed by atoms with van der Waals surface area (Å²) in [5.74, 6) is 0.467. The van der Waals surface area contributed by atoms with Gasteiger partial charge in [-0.15, -0.1) is 0 Å². The molecule has 0 amide bonds. The first kappa shape index (κ1) is 16.1. The average molecular weight is 331 g/mol. The van der Waals surface area contributed by atoms with E-state index in [1.54, 1.807) is 6.33 Å². The summed E-state index contributed by atoms with van der Waals surface area (Å²) in [5, 5.41) is 0.207. The van der Waals surface area contributed by atoms with Gasteiger partial charge >= 0.3 is 0 Å². The molecule has 2 aromatic rings. The zero-order valence-corrected chi connectivity index (χ0v) is 15.4. The molecule has 1 aliphatic carbocycles. The van der Waals surface area contributed by atoms with E-state index in [-0.39, 0.29) is 17.2 Å². The molecule has 2 atom stereocenters. The van der Waals surface area contributed by atoms with E-state index in [1.165, 1.54) is 6.33 Å². The molecule has 0 aromatic carbocycles. The molecule has 1 aliphatic rings. The Morgan fingerprint density at radius 1 is 1.22 bits per heavy atom. The molecule has 3 rings (SSSR count). The van der Waals surface area contributed by atoms with Crippen LogP contribution in [0.1, 0.15) is 33.2 Å². The molecule has 7 heteroatoms. The minimum absolute atomic E-state index is 0.143. The van der Waals surface area contributed by atoms with Crippen molar-refractivity contribution in [2.45, 2.75) is 57.5 Å². The van der Waals surface area contributed by atoms with Gasteiger partial charge in [-0.05, 0) is 18.1 Å². The Labute approximate surface area is 137 Å². The molecule has 0 saturated carbocycles. The molecule has 2 N–H and O–H groups in total. The number of nitrogens with two attached hydrogens (primary N) is 1. The molecule has 0 fully saturated rings. The van der Waals surface area contributed by atoms with Gasteiger partial charge in [-0.1, -0.05) is 32.9 Å². The number of imidazole rings is 1. The van der Waals surface area contributed by atoms with Gasteiger partial charge in [0.2, 0.25) is 0 Å². The second kappa shape index (κ2) is 5.42. The number of anilines is 1. The Balaban J connectivity index is 1.79. The molecule has 0 spiro atoms. The number of nitrogens with zero attached hydrogens (tertiary/aromatic N) is 4.